The van der Waals surface area contributed by atoms with E-state index in [1.807, 2.05) is 6.92 Å². The molecule has 1 saturated heterocycles. The van der Waals surface area contributed by atoms with E-state index in [-0.39, 0.29) is 28.3 Å². The molecule has 0 aromatic heterocycles. The Balaban J connectivity index is 2.09. The molecule has 1 saturated carbocycles. The Labute approximate surface area is 124 Å². The molecule has 114 valence electrons. The third-order valence-corrected chi connectivity index (χ3v) is 6.70. The van der Waals surface area contributed by atoms with E-state index in [9.17, 15) is 14.7 Å². The second-order valence-electron chi connectivity index (χ2n) is 6.78. The average molecular weight is 300 g/mol. The predicted molar refractivity (Wildman–Crippen MR) is 79.7 cm³/mol. The highest BCUT2D eigenvalue weighted by atomic mass is 32.2. The number of urea groups is 1. The zero-order valence-electron chi connectivity index (χ0n) is 12.8. The van der Waals surface area contributed by atoms with Crippen LogP contribution in [-0.2, 0) is 4.79 Å². The normalized spacial score (nSPS) is 31.1. The van der Waals surface area contributed by atoms with Gasteiger partial charge in [0.1, 0.15) is 6.04 Å². The number of nitrogens with zero attached hydrogens (tertiary/aromatic N) is 1. The van der Waals surface area contributed by atoms with Gasteiger partial charge in [0.25, 0.3) is 0 Å². The first-order chi connectivity index (χ1) is 9.14. The third kappa shape index (κ3) is 2.18. The highest BCUT2D eigenvalue weighted by Gasteiger charge is 2.66. The van der Waals surface area contributed by atoms with Crippen molar-refractivity contribution in [2.45, 2.75) is 58.5 Å². The zero-order valence-corrected chi connectivity index (χ0v) is 13.6. The van der Waals surface area contributed by atoms with E-state index in [0.29, 0.717) is 5.75 Å². The van der Waals surface area contributed by atoms with Gasteiger partial charge in [0.05, 0.1) is 5.37 Å². The van der Waals surface area contributed by atoms with Crippen molar-refractivity contribution in [2.75, 3.05) is 5.75 Å². The van der Waals surface area contributed by atoms with Crippen molar-refractivity contribution in [1.29, 1.82) is 0 Å². The molecule has 0 aromatic carbocycles. The van der Waals surface area contributed by atoms with Gasteiger partial charge in [0, 0.05) is 11.8 Å². The van der Waals surface area contributed by atoms with Gasteiger partial charge in [-0.1, -0.05) is 34.6 Å². The molecule has 1 aliphatic heterocycles. The molecule has 2 amide bonds. The molecule has 2 fully saturated rings. The monoisotopic (exact) mass is 300 g/mol. The molecule has 0 bridgehead atoms. The van der Waals surface area contributed by atoms with Crippen LogP contribution in [0.15, 0.2) is 0 Å². The molecule has 0 spiro atoms. The number of hydrogen-bond donors (Lipinski definition) is 2. The Morgan fingerprint density at radius 3 is 2.25 bits per heavy atom. The van der Waals surface area contributed by atoms with Crippen LogP contribution in [0.5, 0.6) is 0 Å². The molecule has 2 rings (SSSR count). The highest BCUT2D eigenvalue weighted by Crippen LogP contribution is 2.62. The number of carboxylic acid groups (broad SMARTS) is 1. The lowest BCUT2D eigenvalue weighted by atomic mass is 10.0. The molecule has 2 unspecified atom stereocenters. The van der Waals surface area contributed by atoms with Crippen molar-refractivity contribution in [3.63, 3.8) is 0 Å². The Morgan fingerprint density at radius 1 is 1.30 bits per heavy atom. The number of amides is 2. The van der Waals surface area contributed by atoms with E-state index in [1.165, 1.54) is 4.90 Å². The van der Waals surface area contributed by atoms with Crippen LogP contribution in [0.25, 0.3) is 0 Å². The molecule has 2 atom stereocenters. The summed E-state index contributed by atoms with van der Waals surface area (Å²) in [7, 11) is 0. The average Bonchev–Trinajstić information content (AvgIpc) is 2.73. The van der Waals surface area contributed by atoms with Crippen LogP contribution in [0.2, 0.25) is 0 Å². The van der Waals surface area contributed by atoms with Gasteiger partial charge < -0.3 is 10.4 Å². The van der Waals surface area contributed by atoms with Gasteiger partial charge in [-0.2, -0.15) is 0 Å². The summed E-state index contributed by atoms with van der Waals surface area (Å²) in [6.07, 6.45) is 0.763. The fraction of sp³-hybridized carbons (Fsp3) is 0.857. The van der Waals surface area contributed by atoms with E-state index in [0.717, 1.165) is 6.42 Å². The van der Waals surface area contributed by atoms with Crippen molar-refractivity contribution in [2.24, 2.45) is 10.8 Å². The van der Waals surface area contributed by atoms with Gasteiger partial charge in [-0.15, -0.1) is 11.8 Å². The van der Waals surface area contributed by atoms with Crippen molar-refractivity contribution in [3.8, 4) is 0 Å². The Kier molecular flexibility index (Phi) is 3.73. The fourth-order valence-corrected chi connectivity index (χ4v) is 4.44. The summed E-state index contributed by atoms with van der Waals surface area (Å²) in [5.74, 6) is -0.448. The topological polar surface area (TPSA) is 69.6 Å². The summed E-state index contributed by atoms with van der Waals surface area (Å²) < 4.78 is 0. The Hall–Kier alpha value is -0.910. The number of aliphatic carboxylic acids is 1. The molecule has 2 N–H and O–H groups in total. The van der Waals surface area contributed by atoms with Gasteiger partial charge in [-0.3, -0.25) is 4.90 Å². The van der Waals surface area contributed by atoms with Crippen molar-refractivity contribution < 1.29 is 14.7 Å². The summed E-state index contributed by atoms with van der Waals surface area (Å²) in [6.45, 7) is 10.5. The van der Waals surface area contributed by atoms with Crippen LogP contribution in [0, 0.1) is 10.8 Å². The summed E-state index contributed by atoms with van der Waals surface area (Å²) in [5, 5.41) is 12.3. The number of rotatable bonds is 3. The first kappa shape index (κ1) is 15.5. The van der Waals surface area contributed by atoms with E-state index in [4.69, 9.17) is 0 Å². The zero-order chi connectivity index (χ0) is 15.3. The lowest BCUT2D eigenvalue weighted by molar-refractivity contribution is -0.141. The molecule has 5 nitrogen and oxygen atoms in total. The van der Waals surface area contributed by atoms with E-state index >= 15 is 0 Å². The van der Waals surface area contributed by atoms with Crippen LogP contribution < -0.4 is 5.32 Å². The summed E-state index contributed by atoms with van der Waals surface area (Å²) >= 11 is 1.55. The minimum Gasteiger partial charge on any atom is -0.480 e. The van der Waals surface area contributed by atoms with Gasteiger partial charge >= 0.3 is 12.0 Å². The number of carbonyl (C=O) groups excluding carboxylic acids is 1. The van der Waals surface area contributed by atoms with E-state index < -0.39 is 12.0 Å². The second-order valence-corrected chi connectivity index (χ2v) is 7.99. The lowest BCUT2D eigenvalue weighted by Gasteiger charge is -2.27. The summed E-state index contributed by atoms with van der Waals surface area (Å²) in [5.41, 5.74) is 0.103. The van der Waals surface area contributed by atoms with Crippen molar-refractivity contribution in [1.82, 2.24) is 10.2 Å². The molecule has 1 aliphatic carbocycles. The molecular weight excluding hydrogens is 276 g/mol. The van der Waals surface area contributed by atoms with E-state index in [2.05, 4.69) is 33.0 Å². The first-order valence-corrected chi connectivity index (χ1v) is 8.12. The van der Waals surface area contributed by atoms with Crippen LogP contribution in [0.1, 0.15) is 41.0 Å². The standard InChI is InChI=1S/C14H24N2O3S/c1-6-9-16(8(7-20-9)10(17)18)12(19)15-11-13(2,3)14(11,4)5/h8-9,11H,6-7H2,1-5H3,(H,15,19)(H,17,18). The van der Waals surface area contributed by atoms with Gasteiger partial charge in [-0.25, -0.2) is 9.59 Å². The molecule has 6 heteroatoms. The number of carboxylic acids is 1. The molecule has 1 heterocycles. The minimum atomic E-state index is -0.919. The summed E-state index contributed by atoms with van der Waals surface area (Å²) in [6, 6.07) is -0.854. The number of carbonyl (C=O) groups is 2. The largest absolute Gasteiger partial charge is 0.480 e. The first-order valence-electron chi connectivity index (χ1n) is 7.07. The molecular formula is C14H24N2O3S. The Morgan fingerprint density at radius 2 is 1.85 bits per heavy atom. The lowest BCUT2D eigenvalue weighted by Crippen LogP contribution is -2.51. The maximum Gasteiger partial charge on any atom is 0.327 e. The van der Waals surface area contributed by atoms with Crippen LogP contribution in [-0.4, -0.2) is 45.2 Å². The van der Waals surface area contributed by atoms with Gasteiger partial charge in [-0.05, 0) is 17.3 Å². The molecule has 2 aliphatic rings. The van der Waals surface area contributed by atoms with Crippen molar-refractivity contribution in [3.05, 3.63) is 0 Å². The number of thioether (sulfide) groups is 1. The Bertz CT molecular complexity index is 422. The summed E-state index contributed by atoms with van der Waals surface area (Å²) in [4.78, 5) is 25.3. The predicted octanol–water partition coefficient (Wildman–Crippen LogP) is 2.37. The fourth-order valence-electron chi connectivity index (χ4n) is 3.10. The SMILES string of the molecule is CCC1SCC(C(=O)O)N1C(=O)NC1C(C)(C)C1(C)C. The highest BCUT2D eigenvalue weighted by molar-refractivity contribution is 8.00. The maximum atomic E-state index is 12.5. The van der Waals surface area contributed by atoms with Crippen LogP contribution in [0.4, 0.5) is 4.79 Å². The van der Waals surface area contributed by atoms with Gasteiger partial charge in [0.2, 0.25) is 0 Å². The quantitative estimate of drug-likeness (QED) is 0.839. The van der Waals surface area contributed by atoms with Crippen molar-refractivity contribution >= 4 is 23.8 Å². The van der Waals surface area contributed by atoms with Crippen LogP contribution in [0.3, 0.4) is 0 Å². The minimum absolute atomic E-state index is 0.0407. The second kappa shape index (κ2) is 4.83. The molecule has 20 heavy (non-hydrogen) atoms. The molecule has 0 radical (unpaired) electrons. The van der Waals surface area contributed by atoms with Gasteiger partial charge in [0.15, 0.2) is 0 Å². The van der Waals surface area contributed by atoms with Crippen LogP contribution >= 0.6 is 11.8 Å². The number of hydrogen-bond acceptors (Lipinski definition) is 3. The number of nitrogens with one attached hydrogen (secondary N) is 1. The molecule has 0 aromatic rings. The third-order valence-electron chi connectivity index (χ3n) is 5.25. The smallest absolute Gasteiger partial charge is 0.327 e. The van der Waals surface area contributed by atoms with E-state index in [1.54, 1.807) is 11.8 Å². The maximum absolute atomic E-state index is 12.5.